The first kappa shape index (κ1) is 31.6. The molecule has 12 rings (SSSR count). The maximum Gasteiger partial charge on any atom is 0.416 e. The predicted molar refractivity (Wildman–Crippen MR) is 201 cm³/mol. The van der Waals surface area contributed by atoms with Gasteiger partial charge in [-0.05, 0) is 114 Å². The van der Waals surface area contributed by atoms with Gasteiger partial charge in [0.05, 0.1) is 16.7 Å². The zero-order chi connectivity index (χ0) is 37.8. The molecule has 4 heterocycles. The van der Waals surface area contributed by atoms with Gasteiger partial charge in [0.1, 0.15) is 0 Å². The Bertz CT molecular complexity index is 3130. The monoisotopic (exact) mass is 740 g/mol. The highest BCUT2D eigenvalue weighted by Crippen LogP contribution is 2.48. The van der Waals surface area contributed by atoms with E-state index in [1.165, 1.54) is 18.2 Å². The fourth-order valence-electron chi connectivity index (χ4n) is 10.5. The molecule has 0 saturated carbocycles. The van der Waals surface area contributed by atoms with Crippen molar-refractivity contribution in [3.8, 4) is 44.5 Å². The lowest BCUT2D eigenvalue weighted by Crippen LogP contribution is -2.53. The van der Waals surface area contributed by atoms with Gasteiger partial charge >= 0.3 is 18.5 Å². The summed E-state index contributed by atoms with van der Waals surface area (Å²) in [5.41, 5.74) is 6.28. The summed E-state index contributed by atoms with van der Waals surface area (Å²) in [6, 6.07) is 25.2. The zero-order valence-corrected chi connectivity index (χ0v) is 28.3. The lowest BCUT2D eigenvalue weighted by Gasteiger charge is -2.31. The summed E-state index contributed by atoms with van der Waals surface area (Å²) in [5.74, 6) is 0. The van der Waals surface area contributed by atoms with Crippen molar-refractivity contribution in [2.75, 3.05) is 0 Å². The third-order valence-electron chi connectivity index (χ3n) is 12.5. The molecule has 8 aromatic carbocycles. The molecule has 0 nitrogen and oxygen atoms in total. The van der Waals surface area contributed by atoms with Crippen LogP contribution in [0.5, 0.6) is 0 Å². The molecule has 0 bridgehead atoms. The molecule has 0 unspecified atom stereocenters. The van der Waals surface area contributed by atoms with Crippen LogP contribution >= 0.6 is 0 Å². The summed E-state index contributed by atoms with van der Waals surface area (Å²) in [7, 11) is 0. The summed E-state index contributed by atoms with van der Waals surface area (Å²) in [5, 5.41) is 4.68. The highest BCUT2D eigenvalue weighted by molar-refractivity contribution is 7.03. The van der Waals surface area contributed by atoms with Crippen LogP contribution < -0.4 is 32.8 Å². The Morgan fingerprint density at radius 2 is 0.745 bits per heavy atom. The molecule has 0 radical (unpaired) electrons. The van der Waals surface area contributed by atoms with Crippen molar-refractivity contribution in [3.05, 3.63) is 119 Å². The molecule has 0 amide bonds. The van der Waals surface area contributed by atoms with Crippen molar-refractivity contribution in [1.29, 1.82) is 0 Å². The Kier molecular flexibility index (Phi) is 5.50. The number of alkyl halides is 9. The minimum absolute atomic E-state index is 0.117. The van der Waals surface area contributed by atoms with Gasteiger partial charge in [0.2, 0.25) is 13.4 Å². The average molecular weight is 740 g/mol. The predicted octanol–water partition coefficient (Wildman–Crippen LogP) is 8.90. The lowest BCUT2D eigenvalue weighted by atomic mass is 9.34. The van der Waals surface area contributed by atoms with Gasteiger partial charge in [-0.2, -0.15) is 39.5 Å². The fraction of sp³-hybridized carbons (Fsp3) is 0.0909. The Morgan fingerprint density at radius 3 is 1.20 bits per heavy atom. The van der Waals surface area contributed by atoms with Crippen LogP contribution in [0.4, 0.5) is 39.5 Å². The van der Waals surface area contributed by atoms with Crippen LogP contribution in [0.25, 0.3) is 76.8 Å². The maximum atomic E-state index is 14.6. The second-order valence-electron chi connectivity index (χ2n) is 15.3. The maximum absolute atomic E-state index is 14.6. The fourth-order valence-corrected chi connectivity index (χ4v) is 10.5. The van der Waals surface area contributed by atoms with Crippen LogP contribution in [-0.2, 0) is 18.5 Å². The van der Waals surface area contributed by atoms with E-state index < -0.39 is 41.9 Å². The number of hydrogen-bond acceptors (Lipinski definition) is 0. The molecule has 0 N–H and O–H groups in total. The summed E-state index contributed by atoms with van der Waals surface area (Å²) in [6.45, 7) is 0.922. The van der Waals surface area contributed by atoms with Gasteiger partial charge < -0.3 is 0 Å². The topological polar surface area (TPSA) is 0 Å². The molecule has 55 heavy (non-hydrogen) atoms. The molecule has 264 valence electrons. The number of benzene rings is 8. The number of halogens is 9. The van der Waals surface area contributed by atoms with Crippen molar-refractivity contribution in [2.45, 2.75) is 25.5 Å². The Labute approximate surface area is 306 Å². The van der Waals surface area contributed by atoms with Crippen molar-refractivity contribution >= 4 is 78.5 Å². The van der Waals surface area contributed by atoms with E-state index in [0.29, 0.717) is 44.1 Å². The lowest BCUT2D eigenvalue weighted by molar-refractivity contribution is -0.138. The van der Waals surface area contributed by atoms with Crippen LogP contribution in [0.15, 0.2) is 97.1 Å². The molecule has 0 atom stereocenters. The Balaban J connectivity index is 1.22. The van der Waals surface area contributed by atoms with Crippen molar-refractivity contribution in [2.24, 2.45) is 0 Å². The van der Waals surface area contributed by atoms with E-state index >= 15 is 0 Å². The highest BCUT2D eigenvalue weighted by Gasteiger charge is 2.47. The quantitative estimate of drug-likeness (QED) is 0.0829. The third-order valence-corrected chi connectivity index (χ3v) is 12.5. The highest BCUT2D eigenvalue weighted by atomic mass is 19.4. The van der Waals surface area contributed by atoms with Crippen LogP contribution in [0, 0.1) is 6.92 Å². The van der Waals surface area contributed by atoms with Crippen molar-refractivity contribution < 1.29 is 39.5 Å². The Hall–Kier alpha value is -5.70. The molecule has 8 aromatic rings. The number of fused-ring (bicyclic) bond motifs is 10. The summed E-state index contributed by atoms with van der Waals surface area (Å²) in [6.07, 6.45) is -14.1. The largest absolute Gasteiger partial charge is 0.416 e. The second kappa shape index (κ2) is 9.56. The minimum Gasteiger partial charge on any atom is -0.166 e. The van der Waals surface area contributed by atoms with Crippen LogP contribution in [0.1, 0.15) is 22.3 Å². The molecular formula is C44H19B2F9. The SMILES string of the molecule is Cc1ccc2c(c1)-c1cc(C(F)(F)F)cc3c1B2c1cc2ccc4c5c(cc6ccc-3c1c6c25)B1c2ccc(C(F)(F)F)cc2-c2cc(C(F)(F)F)cc-4c21. The van der Waals surface area contributed by atoms with E-state index in [4.69, 9.17) is 0 Å². The van der Waals surface area contributed by atoms with E-state index in [1.807, 2.05) is 49.4 Å². The summed E-state index contributed by atoms with van der Waals surface area (Å²) < 4.78 is 129. The van der Waals surface area contributed by atoms with Gasteiger partial charge in [0, 0.05) is 0 Å². The minimum atomic E-state index is -4.77. The third kappa shape index (κ3) is 3.84. The first-order valence-electron chi connectivity index (χ1n) is 17.7. The van der Waals surface area contributed by atoms with E-state index in [0.717, 1.165) is 84.2 Å². The molecule has 0 aromatic heterocycles. The van der Waals surface area contributed by atoms with Gasteiger partial charge in [-0.25, -0.2) is 0 Å². The molecular weight excluding hydrogens is 721 g/mol. The van der Waals surface area contributed by atoms with Crippen molar-refractivity contribution in [3.63, 3.8) is 0 Å². The second-order valence-corrected chi connectivity index (χ2v) is 15.3. The summed E-state index contributed by atoms with van der Waals surface area (Å²) >= 11 is 0. The van der Waals surface area contributed by atoms with E-state index in [2.05, 4.69) is 6.07 Å². The van der Waals surface area contributed by atoms with Gasteiger partial charge in [-0.3, -0.25) is 0 Å². The molecule has 4 aliphatic rings. The van der Waals surface area contributed by atoms with E-state index in [-0.39, 0.29) is 17.8 Å². The summed E-state index contributed by atoms with van der Waals surface area (Å²) in [4.78, 5) is 0. The van der Waals surface area contributed by atoms with Crippen LogP contribution in [0.2, 0.25) is 0 Å². The van der Waals surface area contributed by atoms with E-state index in [9.17, 15) is 39.5 Å². The Morgan fingerprint density at radius 1 is 0.345 bits per heavy atom. The normalized spacial score (nSPS) is 14.7. The van der Waals surface area contributed by atoms with Gasteiger partial charge in [-0.15, -0.1) is 0 Å². The number of aryl methyl sites for hydroxylation is 1. The molecule has 0 saturated heterocycles. The van der Waals surface area contributed by atoms with Crippen LogP contribution in [-0.4, -0.2) is 13.4 Å². The average Bonchev–Trinajstić information content (AvgIpc) is 3.64. The first-order valence-corrected chi connectivity index (χ1v) is 17.7. The first-order chi connectivity index (χ1) is 26.1. The smallest absolute Gasteiger partial charge is 0.166 e. The molecule has 0 aliphatic carbocycles. The van der Waals surface area contributed by atoms with Gasteiger partial charge in [0.25, 0.3) is 0 Å². The molecule has 11 heteroatoms. The number of hydrogen-bond donors (Lipinski definition) is 0. The molecule has 4 aliphatic heterocycles. The van der Waals surface area contributed by atoms with Gasteiger partial charge in [0.15, 0.2) is 0 Å². The van der Waals surface area contributed by atoms with E-state index in [1.54, 1.807) is 6.07 Å². The standard InChI is InChI=1S/C44H19B2F9/c1-18-2-8-32-26(10-18)30-16-22(43(50,51)52)14-28-24-6-3-20-12-35-39-25(7-4-19-11-34(45(32)40(28)30)38(24)36(20)37(19)39)29-15-23(44(53,54)55)17-31-27-13-21(42(47,48)49)5-9-33(27)46(35)41(29)31/h2-17H,1H3. The van der Waals surface area contributed by atoms with Gasteiger partial charge in [-0.1, -0.05) is 105 Å². The molecule has 0 spiro atoms. The zero-order valence-electron chi connectivity index (χ0n) is 28.3. The molecule has 0 fully saturated rings. The number of rotatable bonds is 0. The van der Waals surface area contributed by atoms with Crippen molar-refractivity contribution in [1.82, 2.24) is 0 Å². The van der Waals surface area contributed by atoms with Crippen LogP contribution in [0.3, 0.4) is 0 Å².